The van der Waals surface area contributed by atoms with Crippen molar-refractivity contribution in [2.45, 2.75) is 38.6 Å². The monoisotopic (exact) mass is 370 g/mol. The van der Waals surface area contributed by atoms with Gasteiger partial charge in [-0.2, -0.15) is 0 Å². The first-order chi connectivity index (χ1) is 11.5. The van der Waals surface area contributed by atoms with Gasteiger partial charge in [-0.25, -0.2) is 0 Å². The maximum Gasteiger partial charge on any atom is 0.220 e. The molecule has 1 atom stereocenters. The number of amides is 1. The first-order valence-corrected chi connectivity index (χ1v) is 8.35. The zero-order chi connectivity index (χ0) is 17.5. The molecular formula is C18H27ClN2O4. The lowest BCUT2D eigenvalue weighted by molar-refractivity contribution is -0.121. The van der Waals surface area contributed by atoms with Crippen LogP contribution in [0.3, 0.4) is 0 Å². The summed E-state index contributed by atoms with van der Waals surface area (Å²) >= 11 is 0. The Morgan fingerprint density at radius 3 is 2.64 bits per heavy atom. The molecule has 0 saturated heterocycles. The number of rotatable bonds is 10. The fourth-order valence-electron chi connectivity index (χ4n) is 2.43. The number of ether oxygens (including phenoxy) is 2. The average molecular weight is 371 g/mol. The summed E-state index contributed by atoms with van der Waals surface area (Å²) in [4.78, 5) is 23.1. The molecule has 25 heavy (non-hydrogen) atoms. The van der Waals surface area contributed by atoms with Crippen LogP contribution < -0.4 is 20.5 Å². The topological polar surface area (TPSA) is 90.6 Å². The normalized spacial score (nSPS) is 14.2. The maximum absolute atomic E-state index is 11.8. The second-order valence-electron chi connectivity index (χ2n) is 6.18. The molecule has 2 rings (SSSR count). The van der Waals surface area contributed by atoms with Crippen molar-refractivity contribution < 1.29 is 19.1 Å². The number of carbonyl (C=O) groups is 2. The molecule has 0 aliphatic heterocycles. The Morgan fingerprint density at radius 2 is 2.04 bits per heavy atom. The van der Waals surface area contributed by atoms with Gasteiger partial charge in [0.2, 0.25) is 5.91 Å². The number of ketones is 1. The third-order valence-corrected chi connectivity index (χ3v) is 4.14. The van der Waals surface area contributed by atoms with Crippen LogP contribution in [0.4, 0.5) is 0 Å². The lowest BCUT2D eigenvalue weighted by atomic mass is 10.1. The second-order valence-corrected chi connectivity index (χ2v) is 6.18. The quantitative estimate of drug-likeness (QED) is 0.487. The number of hydrogen-bond donors (Lipinski definition) is 2. The standard InChI is InChI=1S/C18H26N2O4.ClH/c1-12(21)14-7-8-16(17(10-14)23-2)24-9-3-4-18(22)20-11-15(19)13-5-6-13;/h7-8,10,13,15H,3-6,9,11,19H2,1-2H3,(H,20,22);1H. The SMILES string of the molecule is COc1cc(C(C)=O)ccc1OCCCC(=O)NCC(N)C1CC1.Cl. The number of Topliss-reactive ketones (excluding diaryl/α,β-unsaturated/α-hetero) is 1. The summed E-state index contributed by atoms with van der Waals surface area (Å²) in [6.45, 7) is 2.45. The summed E-state index contributed by atoms with van der Waals surface area (Å²) in [5.74, 6) is 1.63. The van der Waals surface area contributed by atoms with Crippen molar-refractivity contribution in [3.63, 3.8) is 0 Å². The third-order valence-electron chi connectivity index (χ3n) is 4.14. The number of carbonyl (C=O) groups excluding carboxylic acids is 2. The van der Waals surface area contributed by atoms with Crippen LogP contribution in [0.25, 0.3) is 0 Å². The largest absolute Gasteiger partial charge is 0.493 e. The molecule has 0 heterocycles. The van der Waals surface area contributed by atoms with Crippen LogP contribution in [0.5, 0.6) is 11.5 Å². The highest BCUT2D eigenvalue weighted by Gasteiger charge is 2.28. The van der Waals surface area contributed by atoms with Gasteiger partial charge in [0.25, 0.3) is 0 Å². The van der Waals surface area contributed by atoms with Crippen LogP contribution in [0.1, 0.15) is 43.0 Å². The molecular weight excluding hydrogens is 344 g/mol. The Hall–Kier alpha value is -1.79. The molecule has 1 aromatic rings. The zero-order valence-corrected chi connectivity index (χ0v) is 15.6. The average Bonchev–Trinajstić information content (AvgIpc) is 3.41. The summed E-state index contributed by atoms with van der Waals surface area (Å²) in [6, 6.07) is 5.15. The van der Waals surface area contributed by atoms with Crippen molar-refractivity contribution in [3.05, 3.63) is 23.8 Å². The summed E-state index contributed by atoms with van der Waals surface area (Å²) in [5.41, 5.74) is 6.52. The van der Waals surface area contributed by atoms with Crippen LogP contribution in [-0.4, -0.2) is 38.0 Å². The molecule has 0 spiro atoms. The number of methoxy groups -OCH3 is 1. The van der Waals surface area contributed by atoms with Crippen LogP contribution in [0.2, 0.25) is 0 Å². The zero-order valence-electron chi connectivity index (χ0n) is 14.7. The van der Waals surface area contributed by atoms with Crippen LogP contribution in [0.15, 0.2) is 18.2 Å². The van der Waals surface area contributed by atoms with E-state index in [1.54, 1.807) is 18.2 Å². The van der Waals surface area contributed by atoms with Crippen molar-refractivity contribution in [1.29, 1.82) is 0 Å². The molecule has 1 amide bonds. The van der Waals surface area contributed by atoms with Gasteiger partial charge in [0.15, 0.2) is 17.3 Å². The van der Waals surface area contributed by atoms with E-state index in [1.165, 1.54) is 26.9 Å². The van der Waals surface area contributed by atoms with Crippen molar-refractivity contribution in [1.82, 2.24) is 5.32 Å². The molecule has 140 valence electrons. The first-order valence-electron chi connectivity index (χ1n) is 8.35. The lowest BCUT2D eigenvalue weighted by Crippen LogP contribution is -2.38. The second kappa shape index (κ2) is 10.3. The highest BCUT2D eigenvalue weighted by atomic mass is 35.5. The molecule has 1 aliphatic carbocycles. The van der Waals surface area contributed by atoms with Crippen LogP contribution >= 0.6 is 12.4 Å². The molecule has 7 heteroatoms. The van der Waals surface area contributed by atoms with Gasteiger partial charge in [0.1, 0.15) is 0 Å². The van der Waals surface area contributed by atoms with Crippen molar-refractivity contribution in [2.24, 2.45) is 11.7 Å². The molecule has 1 unspecified atom stereocenters. The smallest absolute Gasteiger partial charge is 0.220 e. The number of halogens is 1. The number of hydrogen-bond acceptors (Lipinski definition) is 5. The molecule has 1 saturated carbocycles. The highest BCUT2D eigenvalue weighted by Crippen LogP contribution is 2.31. The fourth-order valence-corrected chi connectivity index (χ4v) is 2.43. The number of nitrogens with two attached hydrogens (primary N) is 1. The predicted octanol–water partition coefficient (Wildman–Crippen LogP) is 2.33. The fraction of sp³-hybridized carbons (Fsp3) is 0.556. The van der Waals surface area contributed by atoms with Gasteiger partial charge in [-0.15, -0.1) is 12.4 Å². The summed E-state index contributed by atoms with van der Waals surface area (Å²) in [6.07, 6.45) is 3.34. The summed E-state index contributed by atoms with van der Waals surface area (Å²) < 4.78 is 10.9. The Labute approximate surface area is 154 Å². The van der Waals surface area contributed by atoms with Crippen molar-refractivity contribution >= 4 is 24.1 Å². The van der Waals surface area contributed by atoms with Gasteiger partial charge < -0.3 is 20.5 Å². The molecule has 0 radical (unpaired) electrons. The minimum Gasteiger partial charge on any atom is -0.493 e. The molecule has 0 aromatic heterocycles. The highest BCUT2D eigenvalue weighted by molar-refractivity contribution is 5.94. The van der Waals surface area contributed by atoms with E-state index in [2.05, 4.69) is 5.32 Å². The molecule has 3 N–H and O–H groups in total. The minimum absolute atomic E-state index is 0. The number of benzene rings is 1. The van der Waals surface area contributed by atoms with Gasteiger partial charge in [0.05, 0.1) is 13.7 Å². The number of nitrogens with one attached hydrogen (secondary N) is 1. The molecule has 6 nitrogen and oxygen atoms in total. The molecule has 1 aliphatic rings. The third kappa shape index (κ3) is 6.92. The maximum atomic E-state index is 11.8. The van der Waals surface area contributed by atoms with Crippen LogP contribution in [0, 0.1) is 5.92 Å². The van der Waals surface area contributed by atoms with Gasteiger partial charge in [-0.05, 0) is 50.3 Å². The Morgan fingerprint density at radius 1 is 1.32 bits per heavy atom. The predicted molar refractivity (Wildman–Crippen MR) is 98.7 cm³/mol. The molecule has 0 bridgehead atoms. The van der Waals surface area contributed by atoms with E-state index in [0.717, 1.165) is 0 Å². The van der Waals surface area contributed by atoms with E-state index in [9.17, 15) is 9.59 Å². The lowest BCUT2D eigenvalue weighted by Gasteiger charge is -2.13. The van der Waals surface area contributed by atoms with E-state index >= 15 is 0 Å². The Balaban J connectivity index is 0.00000312. The van der Waals surface area contributed by atoms with Gasteiger partial charge >= 0.3 is 0 Å². The van der Waals surface area contributed by atoms with Gasteiger partial charge in [-0.1, -0.05) is 0 Å². The van der Waals surface area contributed by atoms with E-state index in [0.29, 0.717) is 49.0 Å². The molecule has 1 fully saturated rings. The van der Waals surface area contributed by atoms with E-state index in [-0.39, 0.29) is 30.1 Å². The van der Waals surface area contributed by atoms with E-state index < -0.39 is 0 Å². The van der Waals surface area contributed by atoms with Crippen molar-refractivity contribution in [3.8, 4) is 11.5 Å². The van der Waals surface area contributed by atoms with Gasteiger partial charge in [0, 0.05) is 24.6 Å². The summed E-state index contributed by atoms with van der Waals surface area (Å²) in [5, 5.41) is 2.86. The van der Waals surface area contributed by atoms with E-state index in [4.69, 9.17) is 15.2 Å². The molecule has 1 aromatic carbocycles. The minimum atomic E-state index is -0.0269. The van der Waals surface area contributed by atoms with Crippen LogP contribution in [-0.2, 0) is 4.79 Å². The summed E-state index contributed by atoms with van der Waals surface area (Å²) in [7, 11) is 1.53. The van der Waals surface area contributed by atoms with E-state index in [1.807, 2.05) is 0 Å². The first kappa shape index (κ1) is 21.3. The van der Waals surface area contributed by atoms with Crippen molar-refractivity contribution in [2.75, 3.05) is 20.3 Å². The Kier molecular flexibility index (Phi) is 8.72. The van der Waals surface area contributed by atoms with Gasteiger partial charge in [-0.3, -0.25) is 9.59 Å². The Bertz CT molecular complexity index is 590.